The van der Waals surface area contributed by atoms with E-state index in [1.807, 2.05) is 9.80 Å². The van der Waals surface area contributed by atoms with Crippen LogP contribution in [-0.4, -0.2) is 34.7 Å². The van der Waals surface area contributed by atoms with Gasteiger partial charge in [-0.3, -0.25) is 9.59 Å². The Kier molecular flexibility index (Phi) is 36.9. The zero-order chi connectivity index (χ0) is 52.9. The summed E-state index contributed by atoms with van der Waals surface area (Å²) in [7, 11) is 0. The van der Waals surface area contributed by atoms with Crippen molar-refractivity contribution in [2.24, 2.45) is 11.8 Å². The summed E-state index contributed by atoms with van der Waals surface area (Å²) in [5, 5.41) is 0. The van der Waals surface area contributed by atoms with Gasteiger partial charge >= 0.3 is 0 Å². The van der Waals surface area contributed by atoms with Gasteiger partial charge in [0.05, 0.1) is 39.9 Å². The molecule has 74 heavy (non-hydrogen) atoms. The smallest absolute Gasteiger partial charge is 0.261 e. The van der Waals surface area contributed by atoms with Crippen LogP contribution in [0.2, 0.25) is 0 Å². The van der Waals surface area contributed by atoms with E-state index in [4.69, 9.17) is 0 Å². The number of hydrogen-bond donors (Lipinski definition) is 0. The van der Waals surface area contributed by atoms with Gasteiger partial charge in [0, 0.05) is 13.1 Å². The maximum atomic E-state index is 15.2. The molecule has 2 aliphatic heterocycles. The zero-order valence-electron chi connectivity index (χ0n) is 48.3. The van der Waals surface area contributed by atoms with Crippen molar-refractivity contribution < 1.29 is 9.59 Å². The summed E-state index contributed by atoms with van der Waals surface area (Å²) in [5.74, 6) is 1.46. The molecule has 0 N–H and O–H groups in total. The Morgan fingerprint density at radius 1 is 0.338 bits per heavy atom. The molecule has 2 aromatic rings. The Balaban J connectivity index is 1.44. The number of carbonyl (C=O) groups excluding carboxylic acids is 2. The first-order chi connectivity index (χ1) is 36.3. The Morgan fingerprint density at radius 3 is 0.797 bits per heavy atom. The highest BCUT2D eigenvalue weighted by molar-refractivity contribution is 9.11. The van der Waals surface area contributed by atoms with Gasteiger partial charge in [0.1, 0.15) is 0 Å². The molecule has 0 radical (unpaired) electrons. The Hall–Kier alpha value is -1.22. The minimum Gasteiger partial charge on any atom is -0.306 e. The first kappa shape index (κ1) is 65.3. The number of hydrogen-bond acceptors (Lipinski definition) is 4. The molecule has 2 aromatic heterocycles. The lowest BCUT2D eigenvalue weighted by Gasteiger charge is -2.26. The molecule has 0 bridgehead atoms. The Labute approximate surface area is 481 Å². The SMILES string of the molecule is CCCCCCCCCCCCC(CCCCCCCCCC)CCCN1C(=O)C2=C(c3ccc(Br)s3)N(CCCC(CCCCCCCCCC)CCCCCCCCCCCC)C(=O)C2=C1c1ccc(Br)s1. The van der Waals surface area contributed by atoms with Gasteiger partial charge in [-0.15, -0.1) is 22.7 Å². The Bertz CT molecular complexity index is 1700. The first-order valence-corrected chi connectivity index (χ1v) is 35.2. The van der Waals surface area contributed by atoms with Crippen molar-refractivity contribution >= 4 is 77.7 Å². The predicted molar refractivity (Wildman–Crippen MR) is 334 cm³/mol. The largest absolute Gasteiger partial charge is 0.306 e. The standard InChI is InChI=1S/C66H110Br2N2O2S2/c1-5-9-13-17-21-25-27-31-35-39-45-55(43-37-33-29-23-19-15-11-7-3)47-41-53-69-63(57-49-51-59(67)73-57)61-62(65(69)71)64(58-50-52-60(68)74-58)70(66(61)72)54-42-48-56(44-38-34-30-24-20-16-12-8-4)46-40-36-32-28-26-22-18-14-10-6-2/h49-52,55-56H,5-48,53-54H2,1-4H3. The molecule has 2 amide bonds. The number of amides is 2. The molecule has 0 aromatic carbocycles. The van der Waals surface area contributed by atoms with E-state index >= 15 is 9.59 Å². The van der Waals surface area contributed by atoms with Crippen LogP contribution in [0.5, 0.6) is 0 Å². The zero-order valence-corrected chi connectivity index (χ0v) is 53.1. The average Bonchev–Trinajstić information content (AvgIpc) is 4.17. The summed E-state index contributed by atoms with van der Waals surface area (Å²) in [6, 6.07) is 8.41. The van der Waals surface area contributed by atoms with Crippen LogP contribution < -0.4 is 0 Å². The number of thiophene rings is 2. The van der Waals surface area contributed by atoms with E-state index in [1.165, 1.54) is 257 Å². The van der Waals surface area contributed by atoms with Gasteiger partial charge in [0.2, 0.25) is 0 Å². The van der Waals surface area contributed by atoms with E-state index in [1.54, 1.807) is 22.7 Å². The number of halogens is 2. The third kappa shape index (κ3) is 25.3. The van der Waals surface area contributed by atoms with Gasteiger partial charge in [0.15, 0.2) is 0 Å². The summed E-state index contributed by atoms with van der Waals surface area (Å²) >= 11 is 10.8. The van der Waals surface area contributed by atoms with Gasteiger partial charge in [0.25, 0.3) is 11.8 Å². The summed E-state index contributed by atoms with van der Waals surface area (Å²) < 4.78 is 2.06. The molecular formula is C66H110Br2N2O2S2. The van der Waals surface area contributed by atoms with Crippen molar-refractivity contribution in [3.05, 3.63) is 52.7 Å². The van der Waals surface area contributed by atoms with E-state index in [0.717, 1.165) is 54.4 Å². The maximum absolute atomic E-state index is 15.2. The number of carbonyl (C=O) groups is 2. The third-order valence-corrected chi connectivity index (χ3v) is 19.9. The quantitative estimate of drug-likeness (QED) is 0.0620. The summed E-state index contributed by atoms with van der Waals surface area (Å²) in [6.45, 7) is 10.5. The summed E-state index contributed by atoms with van der Waals surface area (Å²) in [5.41, 5.74) is 2.99. The third-order valence-electron chi connectivity index (χ3n) is 16.6. The fourth-order valence-electron chi connectivity index (χ4n) is 12.1. The molecule has 4 heterocycles. The van der Waals surface area contributed by atoms with Crippen molar-refractivity contribution in [2.45, 2.75) is 310 Å². The van der Waals surface area contributed by atoms with Gasteiger partial charge in [-0.05, 0) is 93.6 Å². The molecular weight excluding hydrogens is 1080 g/mol. The minimum absolute atomic E-state index is 0.0257. The van der Waals surface area contributed by atoms with Crippen LogP contribution in [0.4, 0.5) is 0 Å². The Morgan fingerprint density at radius 2 is 0.568 bits per heavy atom. The molecule has 0 saturated heterocycles. The predicted octanol–water partition coefficient (Wildman–Crippen LogP) is 23.6. The van der Waals surface area contributed by atoms with Crippen LogP contribution in [0.1, 0.15) is 320 Å². The molecule has 2 unspecified atom stereocenters. The molecule has 0 fully saturated rings. The van der Waals surface area contributed by atoms with Gasteiger partial charge in [-0.2, -0.15) is 0 Å². The van der Waals surface area contributed by atoms with Gasteiger partial charge in [-0.25, -0.2) is 0 Å². The highest BCUT2D eigenvalue weighted by atomic mass is 79.9. The molecule has 2 aliphatic rings. The topological polar surface area (TPSA) is 40.6 Å². The van der Waals surface area contributed by atoms with Crippen molar-refractivity contribution in [3.8, 4) is 0 Å². The molecule has 422 valence electrons. The highest BCUT2D eigenvalue weighted by Gasteiger charge is 2.49. The van der Waals surface area contributed by atoms with Crippen LogP contribution in [0.15, 0.2) is 43.0 Å². The molecule has 8 heteroatoms. The minimum atomic E-state index is 0.0257. The molecule has 0 aliphatic carbocycles. The highest BCUT2D eigenvalue weighted by Crippen LogP contribution is 2.49. The summed E-state index contributed by atoms with van der Waals surface area (Å²) in [6.07, 6.45) is 58.8. The maximum Gasteiger partial charge on any atom is 0.261 e. The van der Waals surface area contributed by atoms with E-state index in [-0.39, 0.29) is 11.8 Å². The fourth-order valence-corrected chi connectivity index (χ4v) is 15.0. The number of unbranched alkanes of at least 4 members (excludes halogenated alkanes) is 32. The van der Waals surface area contributed by atoms with E-state index < -0.39 is 0 Å². The lowest BCUT2D eigenvalue weighted by atomic mass is 9.90. The van der Waals surface area contributed by atoms with Crippen molar-refractivity contribution in [2.75, 3.05) is 13.1 Å². The summed E-state index contributed by atoms with van der Waals surface area (Å²) in [4.78, 5) is 36.4. The van der Waals surface area contributed by atoms with Crippen LogP contribution in [0, 0.1) is 11.8 Å². The number of rotatable bonds is 50. The normalized spacial score (nSPS) is 14.7. The van der Waals surface area contributed by atoms with Gasteiger partial charge < -0.3 is 9.80 Å². The van der Waals surface area contributed by atoms with Gasteiger partial charge in [-0.1, -0.05) is 285 Å². The molecule has 2 atom stereocenters. The molecule has 0 saturated carbocycles. The average molecular weight is 1190 g/mol. The lowest BCUT2D eigenvalue weighted by Crippen LogP contribution is -2.31. The molecule has 4 nitrogen and oxygen atoms in total. The van der Waals surface area contributed by atoms with Crippen LogP contribution in [0.3, 0.4) is 0 Å². The van der Waals surface area contributed by atoms with Crippen molar-refractivity contribution in [1.82, 2.24) is 9.80 Å². The monoisotopic (exact) mass is 1180 g/mol. The van der Waals surface area contributed by atoms with Crippen LogP contribution in [0.25, 0.3) is 11.4 Å². The van der Waals surface area contributed by atoms with E-state index in [0.29, 0.717) is 36.1 Å². The van der Waals surface area contributed by atoms with Crippen LogP contribution in [-0.2, 0) is 9.59 Å². The first-order valence-electron chi connectivity index (χ1n) is 32.0. The lowest BCUT2D eigenvalue weighted by molar-refractivity contribution is -0.124. The molecule has 0 spiro atoms. The second-order valence-electron chi connectivity index (χ2n) is 23.1. The second-order valence-corrected chi connectivity index (χ2v) is 28.0. The van der Waals surface area contributed by atoms with E-state index in [9.17, 15) is 0 Å². The second kappa shape index (κ2) is 41.8. The molecule has 4 rings (SSSR count). The number of fused-ring (bicyclic) bond motifs is 1. The van der Waals surface area contributed by atoms with Crippen molar-refractivity contribution in [3.63, 3.8) is 0 Å². The van der Waals surface area contributed by atoms with Crippen molar-refractivity contribution in [1.29, 1.82) is 0 Å². The van der Waals surface area contributed by atoms with E-state index in [2.05, 4.69) is 83.8 Å². The number of nitrogens with zero attached hydrogens (tertiary/aromatic N) is 2. The fraction of sp³-hybridized carbons (Fsp3) is 0.788. The van der Waals surface area contributed by atoms with Crippen LogP contribution >= 0.6 is 54.5 Å².